The minimum absolute atomic E-state index is 0.398. The minimum atomic E-state index is -1.30. The van der Waals surface area contributed by atoms with E-state index in [0.717, 1.165) is 10.9 Å². The highest BCUT2D eigenvalue weighted by Gasteiger charge is 2.47. The number of benzene rings is 1. The highest BCUT2D eigenvalue weighted by molar-refractivity contribution is 5.79. The number of aliphatic hydroxyl groups is 3. The molecule has 136 valence electrons. The third kappa shape index (κ3) is 2.69. The summed E-state index contributed by atoms with van der Waals surface area (Å²) in [5, 5.41) is 32.3. The van der Waals surface area contributed by atoms with Gasteiger partial charge in [0.2, 0.25) is 0 Å². The molecule has 0 unspecified atom stereocenters. The normalized spacial score (nSPS) is 27.1. The Labute approximate surface area is 149 Å². The highest BCUT2D eigenvalue weighted by Crippen LogP contribution is 2.37. The van der Waals surface area contributed by atoms with Crippen molar-refractivity contribution in [1.82, 2.24) is 9.55 Å². The molecule has 1 aromatic carbocycles. The topological polar surface area (TPSA) is 87.7 Å². The van der Waals surface area contributed by atoms with Crippen LogP contribution in [-0.4, -0.2) is 43.2 Å². The molecule has 0 amide bonds. The summed E-state index contributed by atoms with van der Waals surface area (Å²) in [6, 6.07) is 9.04. The molecule has 6 nitrogen and oxygen atoms in total. The van der Waals surface area contributed by atoms with Crippen molar-refractivity contribution in [3.8, 4) is 0 Å². The molecular formula is C19H19FN2O4. The van der Waals surface area contributed by atoms with Crippen LogP contribution < -0.4 is 0 Å². The Kier molecular flexibility index (Phi) is 4.24. The molecule has 2 aromatic heterocycles. The van der Waals surface area contributed by atoms with Gasteiger partial charge in [0.25, 0.3) is 0 Å². The van der Waals surface area contributed by atoms with E-state index in [1.807, 2.05) is 19.1 Å². The van der Waals surface area contributed by atoms with Crippen LogP contribution in [0.2, 0.25) is 0 Å². The zero-order chi connectivity index (χ0) is 18.4. The summed E-state index contributed by atoms with van der Waals surface area (Å²) in [6.07, 6.45) is -2.30. The summed E-state index contributed by atoms with van der Waals surface area (Å²) in [5.41, 5.74) is 2.05. The van der Waals surface area contributed by atoms with Gasteiger partial charge in [-0.3, -0.25) is 0 Å². The number of pyridine rings is 1. The SMILES string of the molecule is Cc1ccnc2c1ccn2[C@@H]1O[C@H]([C@H](O)c2ccc(F)cc2)[C@@H](O)[C@H]1O. The lowest BCUT2D eigenvalue weighted by molar-refractivity contribution is -0.0848. The van der Waals surface area contributed by atoms with Gasteiger partial charge < -0.3 is 24.6 Å². The van der Waals surface area contributed by atoms with Crippen molar-refractivity contribution >= 4 is 11.0 Å². The first-order valence-corrected chi connectivity index (χ1v) is 8.34. The van der Waals surface area contributed by atoms with E-state index in [1.165, 1.54) is 24.3 Å². The van der Waals surface area contributed by atoms with Gasteiger partial charge in [-0.05, 0) is 42.3 Å². The Morgan fingerprint density at radius 1 is 1.12 bits per heavy atom. The van der Waals surface area contributed by atoms with Crippen LogP contribution in [0, 0.1) is 12.7 Å². The van der Waals surface area contributed by atoms with Crippen LogP contribution in [0.5, 0.6) is 0 Å². The molecule has 0 saturated carbocycles. The largest absolute Gasteiger partial charge is 0.387 e. The zero-order valence-electron chi connectivity index (χ0n) is 14.0. The van der Waals surface area contributed by atoms with Crippen molar-refractivity contribution in [2.75, 3.05) is 0 Å². The van der Waals surface area contributed by atoms with Crippen LogP contribution in [0.15, 0.2) is 48.8 Å². The van der Waals surface area contributed by atoms with Gasteiger partial charge in [0, 0.05) is 17.8 Å². The number of rotatable bonds is 3. The van der Waals surface area contributed by atoms with Gasteiger partial charge in [-0.25, -0.2) is 9.37 Å². The summed E-state index contributed by atoms with van der Waals surface area (Å²) < 4.78 is 20.5. The Balaban J connectivity index is 1.65. The predicted molar refractivity (Wildman–Crippen MR) is 91.8 cm³/mol. The van der Waals surface area contributed by atoms with E-state index in [2.05, 4.69) is 4.98 Å². The molecule has 7 heteroatoms. The molecule has 0 bridgehead atoms. The second-order valence-electron chi connectivity index (χ2n) is 6.56. The van der Waals surface area contributed by atoms with E-state index in [9.17, 15) is 19.7 Å². The van der Waals surface area contributed by atoms with E-state index in [0.29, 0.717) is 11.2 Å². The van der Waals surface area contributed by atoms with Crippen molar-refractivity contribution in [3.63, 3.8) is 0 Å². The van der Waals surface area contributed by atoms with E-state index in [4.69, 9.17) is 4.74 Å². The molecule has 0 radical (unpaired) electrons. The molecular weight excluding hydrogens is 339 g/mol. The van der Waals surface area contributed by atoms with Crippen LogP contribution in [0.25, 0.3) is 11.0 Å². The average Bonchev–Trinajstić information content (AvgIpc) is 3.18. The molecule has 1 aliphatic heterocycles. The second-order valence-corrected chi connectivity index (χ2v) is 6.56. The van der Waals surface area contributed by atoms with E-state index < -0.39 is 36.5 Å². The quantitative estimate of drug-likeness (QED) is 0.665. The lowest BCUT2D eigenvalue weighted by Gasteiger charge is -2.21. The predicted octanol–water partition coefficient (Wildman–Crippen LogP) is 1.84. The van der Waals surface area contributed by atoms with Crippen molar-refractivity contribution in [1.29, 1.82) is 0 Å². The maximum atomic E-state index is 13.1. The Morgan fingerprint density at radius 3 is 2.58 bits per heavy atom. The third-order valence-corrected chi connectivity index (χ3v) is 4.91. The van der Waals surface area contributed by atoms with Crippen LogP contribution >= 0.6 is 0 Å². The molecule has 4 rings (SSSR count). The third-order valence-electron chi connectivity index (χ3n) is 4.91. The summed E-state index contributed by atoms with van der Waals surface area (Å²) in [4.78, 5) is 4.33. The van der Waals surface area contributed by atoms with Crippen molar-refractivity contribution in [2.45, 2.75) is 37.6 Å². The number of hydrogen-bond acceptors (Lipinski definition) is 5. The number of fused-ring (bicyclic) bond motifs is 1. The van der Waals surface area contributed by atoms with Crippen molar-refractivity contribution < 1.29 is 24.4 Å². The first-order valence-electron chi connectivity index (χ1n) is 8.34. The lowest BCUT2D eigenvalue weighted by Crippen LogP contribution is -2.34. The number of ether oxygens (including phenoxy) is 1. The van der Waals surface area contributed by atoms with Crippen LogP contribution in [0.4, 0.5) is 4.39 Å². The van der Waals surface area contributed by atoms with Gasteiger partial charge in [0.1, 0.15) is 35.9 Å². The second kappa shape index (κ2) is 6.44. The first kappa shape index (κ1) is 17.1. The first-order chi connectivity index (χ1) is 12.5. The van der Waals surface area contributed by atoms with E-state index in [1.54, 1.807) is 17.0 Å². The van der Waals surface area contributed by atoms with E-state index in [-0.39, 0.29) is 0 Å². The molecule has 5 atom stereocenters. The highest BCUT2D eigenvalue weighted by atomic mass is 19.1. The number of halogens is 1. The Morgan fingerprint density at radius 2 is 1.85 bits per heavy atom. The van der Waals surface area contributed by atoms with Crippen LogP contribution in [-0.2, 0) is 4.74 Å². The maximum Gasteiger partial charge on any atom is 0.164 e. The van der Waals surface area contributed by atoms with E-state index >= 15 is 0 Å². The van der Waals surface area contributed by atoms with Gasteiger partial charge in [0.05, 0.1) is 0 Å². The fourth-order valence-corrected chi connectivity index (χ4v) is 3.42. The number of aromatic nitrogens is 2. The minimum Gasteiger partial charge on any atom is -0.387 e. The summed E-state index contributed by atoms with van der Waals surface area (Å²) >= 11 is 0. The number of nitrogens with zero attached hydrogens (tertiary/aromatic N) is 2. The van der Waals surface area contributed by atoms with Gasteiger partial charge >= 0.3 is 0 Å². The number of aryl methyl sites for hydroxylation is 1. The van der Waals surface area contributed by atoms with Gasteiger partial charge in [-0.2, -0.15) is 0 Å². The molecule has 26 heavy (non-hydrogen) atoms. The summed E-state index contributed by atoms with van der Waals surface area (Å²) in [6.45, 7) is 1.95. The van der Waals surface area contributed by atoms with Crippen LogP contribution in [0.3, 0.4) is 0 Å². The molecule has 0 aliphatic carbocycles. The monoisotopic (exact) mass is 358 g/mol. The van der Waals surface area contributed by atoms with Gasteiger partial charge in [-0.15, -0.1) is 0 Å². The van der Waals surface area contributed by atoms with Gasteiger partial charge in [-0.1, -0.05) is 12.1 Å². The molecule has 0 spiro atoms. The fraction of sp³-hybridized carbons (Fsp3) is 0.316. The summed E-state index contributed by atoms with van der Waals surface area (Å²) in [7, 11) is 0. The zero-order valence-corrected chi connectivity index (χ0v) is 14.0. The lowest BCUT2D eigenvalue weighted by atomic mass is 9.99. The smallest absolute Gasteiger partial charge is 0.164 e. The molecule has 3 N–H and O–H groups in total. The Hall–Kier alpha value is -2.32. The van der Waals surface area contributed by atoms with Crippen LogP contribution in [0.1, 0.15) is 23.5 Å². The maximum absolute atomic E-state index is 13.1. The number of hydrogen-bond donors (Lipinski definition) is 3. The molecule has 3 aromatic rings. The molecule has 1 fully saturated rings. The van der Waals surface area contributed by atoms with Crippen molar-refractivity contribution in [2.24, 2.45) is 0 Å². The average molecular weight is 358 g/mol. The molecule has 3 heterocycles. The molecule has 1 aliphatic rings. The Bertz CT molecular complexity index is 927. The fourth-order valence-electron chi connectivity index (χ4n) is 3.42. The van der Waals surface area contributed by atoms with Gasteiger partial charge in [0.15, 0.2) is 6.23 Å². The number of aliphatic hydroxyl groups excluding tert-OH is 3. The molecule has 1 saturated heterocycles. The van der Waals surface area contributed by atoms with Crippen molar-refractivity contribution in [3.05, 3.63) is 65.7 Å². The standard InChI is InChI=1S/C19H19FN2O4/c1-10-6-8-21-18-13(10)7-9-22(18)19-16(25)15(24)17(26-19)14(23)11-2-4-12(20)5-3-11/h2-9,14-17,19,23-25H,1H3/t14-,15+,16-,17-,19-/m1/s1. The summed E-state index contributed by atoms with van der Waals surface area (Å²) in [5.74, 6) is -0.424.